The number of aryl methyl sites for hydroxylation is 1. The molecule has 0 aromatic heterocycles. The van der Waals surface area contributed by atoms with Gasteiger partial charge >= 0.3 is 0 Å². The zero-order valence-corrected chi connectivity index (χ0v) is 18.1. The fourth-order valence-electron chi connectivity index (χ4n) is 3.31. The number of unbranched alkanes of at least 4 members (excludes halogenated alkanes) is 1. The van der Waals surface area contributed by atoms with Gasteiger partial charge in [-0.3, -0.25) is 14.5 Å². The molecule has 0 atom stereocenters. The number of amides is 2. The first-order valence-electron chi connectivity index (χ1n) is 10.4. The Morgan fingerprint density at radius 3 is 2.29 bits per heavy atom. The molecule has 5 heteroatoms. The van der Waals surface area contributed by atoms with E-state index < -0.39 is 11.8 Å². The summed E-state index contributed by atoms with van der Waals surface area (Å²) in [5.74, 6) is -0.181. The van der Waals surface area contributed by atoms with Crippen LogP contribution in [0.5, 0.6) is 5.75 Å². The summed E-state index contributed by atoms with van der Waals surface area (Å²) in [5, 5.41) is 9.55. The smallest absolute Gasteiger partial charge is 0.271 e. The molecule has 0 N–H and O–H groups in total. The van der Waals surface area contributed by atoms with Crippen molar-refractivity contribution in [2.24, 2.45) is 0 Å². The summed E-state index contributed by atoms with van der Waals surface area (Å²) in [5.41, 5.74) is 3.47. The first-order valence-corrected chi connectivity index (χ1v) is 10.4. The highest BCUT2D eigenvalue weighted by Gasteiger charge is 2.35. The maximum atomic E-state index is 13.2. The molecule has 2 amide bonds. The minimum atomic E-state index is -0.553. The van der Waals surface area contributed by atoms with Crippen LogP contribution in [0.25, 0.3) is 6.08 Å². The number of hydrogen-bond acceptors (Lipinski definition) is 4. The standard InChI is InChI=1S/C26H26N2O3/c1-4-5-14-31-22-12-10-20(11-13-22)15-23-19(3)24(16-27)26(30)28(25(23)29)17-21-8-6-18(2)7-9-21/h6-13,15H,4-5,14,17H2,1-3H3/b23-15+. The number of nitriles is 1. The minimum Gasteiger partial charge on any atom is -0.494 e. The second kappa shape index (κ2) is 9.90. The lowest BCUT2D eigenvalue weighted by Gasteiger charge is -2.27. The molecule has 0 spiro atoms. The van der Waals surface area contributed by atoms with Gasteiger partial charge in [-0.2, -0.15) is 5.26 Å². The van der Waals surface area contributed by atoms with Gasteiger partial charge in [0.15, 0.2) is 0 Å². The number of hydrogen-bond donors (Lipinski definition) is 0. The molecule has 0 fully saturated rings. The van der Waals surface area contributed by atoms with Crippen molar-refractivity contribution in [3.05, 3.63) is 81.9 Å². The number of ether oxygens (including phenoxy) is 1. The van der Waals surface area contributed by atoms with Crippen molar-refractivity contribution >= 4 is 17.9 Å². The van der Waals surface area contributed by atoms with Crippen LogP contribution in [0, 0.1) is 18.3 Å². The third kappa shape index (κ3) is 5.10. The summed E-state index contributed by atoms with van der Waals surface area (Å²) in [6.45, 7) is 6.52. The van der Waals surface area contributed by atoms with Crippen molar-refractivity contribution in [2.75, 3.05) is 6.61 Å². The van der Waals surface area contributed by atoms with Gasteiger partial charge in [0.25, 0.3) is 11.8 Å². The maximum absolute atomic E-state index is 13.2. The van der Waals surface area contributed by atoms with Crippen LogP contribution in [0.3, 0.4) is 0 Å². The first kappa shape index (κ1) is 22.0. The van der Waals surface area contributed by atoms with Gasteiger partial charge in [-0.15, -0.1) is 0 Å². The third-order valence-corrected chi connectivity index (χ3v) is 5.24. The predicted molar refractivity (Wildman–Crippen MR) is 120 cm³/mol. The summed E-state index contributed by atoms with van der Waals surface area (Å²) in [4.78, 5) is 27.1. The van der Waals surface area contributed by atoms with Gasteiger partial charge in [0.1, 0.15) is 17.4 Å². The minimum absolute atomic E-state index is 0.00233. The number of imide groups is 1. The van der Waals surface area contributed by atoms with Gasteiger partial charge in [-0.05, 0) is 55.2 Å². The average Bonchev–Trinajstić information content (AvgIpc) is 2.77. The van der Waals surface area contributed by atoms with Crippen LogP contribution in [0.1, 0.15) is 43.4 Å². The highest BCUT2D eigenvalue weighted by molar-refractivity contribution is 6.19. The molecule has 31 heavy (non-hydrogen) atoms. The van der Waals surface area contributed by atoms with Crippen molar-refractivity contribution in [1.82, 2.24) is 4.90 Å². The monoisotopic (exact) mass is 414 g/mol. The van der Waals surface area contributed by atoms with Crippen LogP contribution in [0.2, 0.25) is 0 Å². The largest absolute Gasteiger partial charge is 0.494 e. The Hall–Kier alpha value is -3.65. The number of rotatable bonds is 7. The Kier molecular flexibility index (Phi) is 7.04. The van der Waals surface area contributed by atoms with E-state index in [9.17, 15) is 14.9 Å². The van der Waals surface area contributed by atoms with Crippen LogP contribution in [-0.2, 0) is 16.1 Å². The molecule has 1 heterocycles. The molecular weight excluding hydrogens is 388 g/mol. The first-order chi connectivity index (χ1) is 14.9. The molecule has 158 valence electrons. The predicted octanol–water partition coefficient (Wildman–Crippen LogP) is 4.97. The van der Waals surface area contributed by atoms with Gasteiger partial charge in [-0.1, -0.05) is 55.3 Å². The Balaban J connectivity index is 1.90. The van der Waals surface area contributed by atoms with E-state index in [-0.39, 0.29) is 12.1 Å². The van der Waals surface area contributed by atoms with E-state index in [1.807, 2.05) is 61.5 Å². The molecule has 2 aromatic carbocycles. The lowest BCUT2D eigenvalue weighted by atomic mass is 9.93. The molecule has 5 nitrogen and oxygen atoms in total. The highest BCUT2D eigenvalue weighted by Crippen LogP contribution is 2.28. The van der Waals surface area contributed by atoms with Gasteiger partial charge in [0.2, 0.25) is 0 Å². The molecular formula is C26H26N2O3. The van der Waals surface area contributed by atoms with E-state index in [0.717, 1.165) is 40.2 Å². The summed E-state index contributed by atoms with van der Waals surface area (Å²) in [6, 6.07) is 17.0. The average molecular weight is 415 g/mol. The fourth-order valence-corrected chi connectivity index (χ4v) is 3.31. The van der Waals surface area contributed by atoms with E-state index in [4.69, 9.17) is 4.74 Å². The van der Waals surface area contributed by atoms with Gasteiger partial charge in [-0.25, -0.2) is 0 Å². The molecule has 0 saturated carbocycles. The zero-order chi connectivity index (χ0) is 22.4. The van der Waals surface area contributed by atoms with Gasteiger partial charge in [0.05, 0.1) is 13.2 Å². The number of carbonyl (C=O) groups is 2. The van der Waals surface area contributed by atoms with Gasteiger partial charge in [0, 0.05) is 5.57 Å². The lowest BCUT2D eigenvalue weighted by molar-refractivity contribution is -0.141. The molecule has 0 aliphatic carbocycles. The maximum Gasteiger partial charge on any atom is 0.271 e. The topological polar surface area (TPSA) is 70.4 Å². The molecule has 2 aromatic rings. The molecule has 3 rings (SSSR count). The SMILES string of the molecule is CCCCOc1ccc(/C=C2/C(=O)N(Cc3ccc(C)cc3)C(=O)C(C#N)=C2C)cc1. The van der Waals surface area contributed by atoms with Crippen molar-refractivity contribution < 1.29 is 14.3 Å². The van der Waals surface area contributed by atoms with E-state index in [1.54, 1.807) is 13.0 Å². The van der Waals surface area contributed by atoms with Crippen LogP contribution >= 0.6 is 0 Å². The Morgan fingerprint density at radius 1 is 1.00 bits per heavy atom. The summed E-state index contributed by atoms with van der Waals surface area (Å²) < 4.78 is 5.68. The molecule has 0 bridgehead atoms. The summed E-state index contributed by atoms with van der Waals surface area (Å²) in [7, 11) is 0. The molecule has 0 saturated heterocycles. The third-order valence-electron chi connectivity index (χ3n) is 5.24. The second-order valence-electron chi connectivity index (χ2n) is 7.62. The van der Waals surface area contributed by atoms with Crippen LogP contribution in [-0.4, -0.2) is 23.3 Å². The fraction of sp³-hybridized carbons (Fsp3) is 0.269. The Bertz CT molecular complexity index is 1070. The lowest BCUT2D eigenvalue weighted by Crippen LogP contribution is -2.42. The molecule has 0 radical (unpaired) electrons. The van der Waals surface area contributed by atoms with Crippen LogP contribution in [0.4, 0.5) is 0 Å². The Labute approximate surface area is 183 Å². The Morgan fingerprint density at radius 2 is 1.68 bits per heavy atom. The zero-order valence-electron chi connectivity index (χ0n) is 18.1. The van der Waals surface area contributed by atoms with Crippen molar-refractivity contribution in [3.63, 3.8) is 0 Å². The van der Waals surface area contributed by atoms with Crippen molar-refractivity contribution in [2.45, 2.75) is 40.2 Å². The molecule has 1 aliphatic rings. The quantitative estimate of drug-likeness (QED) is 0.364. The molecule has 0 unspecified atom stereocenters. The van der Waals surface area contributed by atoms with E-state index in [2.05, 4.69) is 6.92 Å². The van der Waals surface area contributed by atoms with Crippen LogP contribution in [0.15, 0.2) is 65.3 Å². The molecule has 1 aliphatic heterocycles. The summed E-state index contributed by atoms with van der Waals surface area (Å²) in [6.07, 6.45) is 3.78. The number of carbonyl (C=O) groups excluding carboxylic acids is 2. The number of benzene rings is 2. The normalized spacial score (nSPS) is 15.4. The van der Waals surface area contributed by atoms with Crippen molar-refractivity contribution in [1.29, 1.82) is 5.26 Å². The van der Waals surface area contributed by atoms with Crippen LogP contribution < -0.4 is 4.74 Å². The van der Waals surface area contributed by atoms with E-state index in [0.29, 0.717) is 17.8 Å². The van der Waals surface area contributed by atoms with Gasteiger partial charge < -0.3 is 4.74 Å². The van der Waals surface area contributed by atoms with E-state index >= 15 is 0 Å². The number of nitrogens with zero attached hydrogens (tertiary/aromatic N) is 2. The second-order valence-corrected chi connectivity index (χ2v) is 7.62. The summed E-state index contributed by atoms with van der Waals surface area (Å²) >= 11 is 0. The highest BCUT2D eigenvalue weighted by atomic mass is 16.5. The van der Waals surface area contributed by atoms with Crippen molar-refractivity contribution in [3.8, 4) is 11.8 Å². The van der Waals surface area contributed by atoms with E-state index in [1.165, 1.54) is 0 Å².